The first-order chi connectivity index (χ1) is 6.93. The molecule has 0 fully saturated rings. The van der Waals surface area contributed by atoms with Gasteiger partial charge >= 0.3 is 5.97 Å². The summed E-state index contributed by atoms with van der Waals surface area (Å²) in [6, 6.07) is 0.223. The molecular formula is C9H18N2O4. The Kier molecular flexibility index (Phi) is 6.64. The van der Waals surface area contributed by atoms with Crippen LogP contribution in [-0.2, 0) is 9.59 Å². The summed E-state index contributed by atoms with van der Waals surface area (Å²) < 4.78 is 0. The van der Waals surface area contributed by atoms with Gasteiger partial charge in [-0.15, -0.1) is 0 Å². The third-order valence-electron chi connectivity index (χ3n) is 1.70. The minimum absolute atomic E-state index is 0.0166. The highest BCUT2D eigenvalue weighted by molar-refractivity contribution is 5.78. The molecule has 0 saturated heterocycles. The minimum atomic E-state index is -1.41. The maximum absolute atomic E-state index is 11.1. The van der Waals surface area contributed by atoms with Gasteiger partial charge in [0, 0.05) is 19.0 Å². The summed E-state index contributed by atoms with van der Waals surface area (Å²) in [7, 11) is 0. The summed E-state index contributed by atoms with van der Waals surface area (Å²) in [5, 5.41) is 22.7. The maximum Gasteiger partial charge on any atom is 0.332 e. The molecule has 1 unspecified atom stereocenters. The summed E-state index contributed by atoms with van der Waals surface area (Å²) in [6.45, 7) is 4.19. The number of carboxylic acid groups (broad SMARTS) is 1. The second-order valence-electron chi connectivity index (χ2n) is 3.53. The molecule has 15 heavy (non-hydrogen) atoms. The van der Waals surface area contributed by atoms with Crippen molar-refractivity contribution < 1.29 is 19.8 Å². The zero-order valence-electron chi connectivity index (χ0n) is 8.99. The first kappa shape index (κ1) is 13.9. The third kappa shape index (κ3) is 7.90. The Morgan fingerprint density at radius 1 is 1.33 bits per heavy atom. The molecule has 1 amide bonds. The third-order valence-corrected chi connectivity index (χ3v) is 1.70. The van der Waals surface area contributed by atoms with Gasteiger partial charge in [-0.1, -0.05) is 13.8 Å². The quantitative estimate of drug-likeness (QED) is 0.436. The van der Waals surface area contributed by atoms with Crippen molar-refractivity contribution >= 4 is 11.9 Å². The molecule has 6 nitrogen and oxygen atoms in total. The number of aliphatic carboxylic acids is 1. The van der Waals surface area contributed by atoms with Crippen molar-refractivity contribution in [2.24, 2.45) is 0 Å². The van der Waals surface area contributed by atoms with Crippen molar-refractivity contribution in [3.63, 3.8) is 0 Å². The van der Waals surface area contributed by atoms with Crippen molar-refractivity contribution in [1.82, 2.24) is 10.6 Å². The number of aliphatic hydroxyl groups excluding tert-OH is 1. The summed E-state index contributed by atoms with van der Waals surface area (Å²) in [5.41, 5.74) is 0. The van der Waals surface area contributed by atoms with Gasteiger partial charge in [-0.2, -0.15) is 0 Å². The van der Waals surface area contributed by atoms with Crippen LogP contribution in [-0.4, -0.2) is 47.3 Å². The van der Waals surface area contributed by atoms with E-state index in [9.17, 15) is 9.59 Å². The second kappa shape index (κ2) is 7.19. The summed E-state index contributed by atoms with van der Waals surface area (Å²) in [5.74, 6) is -1.48. The fourth-order valence-corrected chi connectivity index (χ4v) is 0.831. The number of carboxylic acids is 1. The van der Waals surface area contributed by atoms with Crippen LogP contribution in [0.4, 0.5) is 0 Å². The standard InChI is InChI=1S/C9H18N2O4/c1-6(2)11-5-8(13)10-4-3-7(12)9(14)15/h6-7,11-12H,3-5H2,1-2H3,(H,10,13)(H,14,15). The Labute approximate surface area is 88.7 Å². The first-order valence-corrected chi connectivity index (χ1v) is 4.84. The van der Waals surface area contributed by atoms with Gasteiger partial charge in [-0.3, -0.25) is 4.79 Å². The highest BCUT2D eigenvalue weighted by Gasteiger charge is 2.12. The molecule has 0 aliphatic heterocycles. The highest BCUT2D eigenvalue weighted by atomic mass is 16.4. The normalized spacial score (nSPS) is 12.5. The summed E-state index contributed by atoms with van der Waals surface area (Å²) in [4.78, 5) is 21.3. The molecule has 0 rings (SSSR count). The number of carbonyl (C=O) groups is 2. The Morgan fingerprint density at radius 2 is 1.93 bits per heavy atom. The van der Waals surface area contributed by atoms with Crippen LogP contribution in [0.25, 0.3) is 0 Å². The molecule has 6 heteroatoms. The summed E-state index contributed by atoms with van der Waals surface area (Å²) >= 11 is 0. The van der Waals surface area contributed by atoms with Gasteiger partial charge in [0.15, 0.2) is 6.10 Å². The van der Waals surface area contributed by atoms with Crippen LogP contribution in [0, 0.1) is 0 Å². The van der Waals surface area contributed by atoms with Crippen LogP contribution in [0.5, 0.6) is 0 Å². The SMILES string of the molecule is CC(C)NCC(=O)NCCC(O)C(=O)O. The molecule has 0 aliphatic carbocycles. The van der Waals surface area contributed by atoms with Gasteiger partial charge in [-0.05, 0) is 0 Å². The van der Waals surface area contributed by atoms with E-state index in [2.05, 4.69) is 10.6 Å². The van der Waals surface area contributed by atoms with Crippen LogP contribution < -0.4 is 10.6 Å². The smallest absolute Gasteiger partial charge is 0.332 e. The zero-order chi connectivity index (χ0) is 11.8. The molecule has 0 aromatic carbocycles. The van der Waals surface area contributed by atoms with Gasteiger partial charge in [-0.25, -0.2) is 4.79 Å². The Hall–Kier alpha value is -1.14. The minimum Gasteiger partial charge on any atom is -0.479 e. The topological polar surface area (TPSA) is 98.7 Å². The van der Waals surface area contributed by atoms with Crippen LogP contribution in [0.15, 0.2) is 0 Å². The lowest BCUT2D eigenvalue weighted by Crippen LogP contribution is -2.38. The van der Waals surface area contributed by atoms with Crippen molar-refractivity contribution in [1.29, 1.82) is 0 Å². The van der Waals surface area contributed by atoms with Gasteiger partial charge in [0.25, 0.3) is 0 Å². The van der Waals surface area contributed by atoms with E-state index in [1.165, 1.54) is 0 Å². The molecule has 0 aromatic heterocycles. The van der Waals surface area contributed by atoms with Crippen molar-refractivity contribution in [3.05, 3.63) is 0 Å². The number of rotatable bonds is 7. The Bertz CT molecular complexity index is 218. The number of hydrogen-bond donors (Lipinski definition) is 4. The van der Waals surface area contributed by atoms with E-state index in [1.807, 2.05) is 13.8 Å². The monoisotopic (exact) mass is 218 g/mol. The molecule has 0 saturated carbocycles. The Morgan fingerprint density at radius 3 is 2.40 bits per heavy atom. The van der Waals surface area contributed by atoms with Crippen LogP contribution in [0.2, 0.25) is 0 Å². The van der Waals surface area contributed by atoms with E-state index in [1.54, 1.807) is 0 Å². The predicted octanol–water partition coefficient (Wildman–Crippen LogP) is -1.06. The van der Waals surface area contributed by atoms with Crippen molar-refractivity contribution in [3.8, 4) is 0 Å². The van der Waals surface area contributed by atoms with E-state index in [0.29, 0.717) is 0 Å². The molecular weight excluding hydrogens is 200 g/mol. The van der Waals surface area contributed by atoms with Crippen molar-refractivity contribution in [2.45, 2.75) is 32.4 Å². The number of nitrogens with one attached hydrogen (secondary N) is 2. The second-order valence-corrected chi connectivity index (χ2v) is 3.53. The van der Waals surface area contributed by atoms with Crippen LogP contribution in [0.1, 0.15) is 20.3 Å². The van der Waals surface area contributed by atoms with Gasteiger partial charge in [0.05, 0.1) is 6.54 Å². The summed E-state index contributed by atoms with van der Waals surface area (Å²) in [6.07, 6.45) is -1.40. The van der Waals surface area contributed by atoms with E-state index in [4.69, 9.17) is 10.2 Å². The average molecular weight is 218 g/mol. The molecule has 0 heterocycles. The van der Waals surface area contributed by atoms with Crippen LogP contribution in [0.3, 0.4) is 0 Å². The predicted molar refractivity (Wildman–Crippen MR) is 54.4 cm³/mol. The Balaban J connectivity index is 3.51. The average Bonchev–Trinajstić information content (AvgIpc) is 2.14. The first-order valence-electron chi connectivity index (χ1n) is 4.84. The van der Waals surface area contributed by atoms with E-state index in [-0.39, 0.29) is 31.5 Å². The lowest BCUT2D eigenvalue weighted by Gasteiger charge is -2.09. The molecule has 0 radical (unpaired) electrons. The zero-order valence-corrected chi connectivity index (χ0v) is 8.99. The van der Waals surface area contributed by atoms with Crippen molar-refractivity contribution in [2.75, 3.05) is 13.1 Å². The molecule has 0 aromatic rings. The van der Waals surface area contributed by atoms with Gasteiger partial charge in [0.2, 0.25) is 5.91 Å². The lowest BCUT2D eigenvalue weighted by molar-refractivity contribution is -0.147. The van der Waals surface area contributed by atoms with E-state index < -0.39 is 12.1 Å². The molecule has 88 valence electrons. The lowest BCUT2D eigenvalue weighted by atomic mass is 10.2. The largest absolute Gasteiger partial charge is 0.479 e. The van der Waals surface area contributed by atoms with Crippen LogP contribution >= 0.6 is 0 Å². The number of amides is 1. The molecule has 4 N–H and O–H groups in total. The highest BCUT2D eigenvalue weighted by Crippen LogP contribution is 1.88. The number of hydrogen-bond acceptors (Lipinski definition) is 4. The number of carbonyl (C=O) groups excluding carboxylic acids is 1. The number of aliphatic hydroxyl groups is 1. The maximum atomic E-state index is 11.1. The molecule has 0 spiro atoms. The van der Waals surface area contributed by atoms with Gasteiger partial charge in [0.1, 0.15) is 0 Å². The van der Waals surface area contributed by atoms with Gasteiger partial charge < -0.3 is 20.8 Å². The van der Waals surface area contributed by atoms with E-state index in [0.717, 1.165) is 0 Å². The fraction of sp³-hybridized carbons (Fsp3) is 0.778. The molecule has 1 atom stereocenters. The molecule has 0 bridgehead atoms. The van der Waals surface area contributed by atoms with E-state index >= 15 is 0 Å². The molecule has 0 aliphatic rings. The fourth-order valence-electron chi connectivity index (χ4n) is 0.831.